The van der Waals surface area contributed by atoms with Gasteiger partial charge in [-0.05, 0) is 36.6 Å². The van der Waals surface area contributed by atoms with E-state index in [0.29, 0.717) is 23.8 Å². The van der Waals surface area contributed by atoms with Gasteiger partial charge in [0.05, 0.1) is 28.9 Å². The van der Waals surface area contributed by atoms with Crippen molar-refractivity contribution in [3.05, 3.63) is 53.1 Å². The molecule has 0 saturated heterocycles. The maximum absolute atomic E-state index is 13.2. The summed E-state index contributed by atoms with van der Waals surface area (Å²) < 4.78 is 21.7. The van der Waals surface area contributed by atoms with Gasteiger partial charge in [0, 0.05) is 51.8 Å². The van der Waals surface area contributed by atoms with Crippen molar-refractivity contribution in [3.63, 3.8) is 0 Å². The van der Waals surface area contributed by atoms with Gasteiger partial charge >= 0.3 is 0 Å². The van der Waals surface area contributed by atoms with E-state index in [-0.39, 0.29) is 17.1 Å². The summed E-state index contributed by atoms with van der Waals surface area (Å²) in [6, 6.07) is 5.75. The number of carbonyl (C=O) groups excluding carboxylic acids is 1. The second-order valence-electron chi connectivity index (χ2n) is 7.93. The van der Waals surface area contributed by atoms with Crippen molar-refractivity contribution in [1.29, 1.82) is 4.78 Å². The molecule has 1 unspecified atom stereocenters. The Bertz CT molecular complexity index is 1260. The van der Waals surface area contributed by atoms with Crippen molar-refractivity contribution in [1.82, 2.24) is 14.5 Å². The lowest BCUT2D eigenvalue weighted by molar-refractivity contribution is -0.120. The van der Waals surface area contributed by atoms with E-state index in [1.165, 1.54) is 6.26 Å². The van der Waals surface area contributed by atoms with Gasteiger partial charge < -0.3 is 9.47 Å². The molecule has 4 heterocycles. The topological polar surface area (TPSA) is 91.9 Å². The van der Waals surface area contributed by atoms with Crippen molar-refractivity contribution < 1.29 is 9.00 Å². The van der Waals surface area contributed by atoms with E-state index in [2.05, 4.69) is 9.97 Å². The maximum atomic E-state index is 13.2. The van der Waals surface area contributed by atoms with Crippen LogP contribution < -0.4 is 4.90 Å². The third kappa shape index (κ3) is 3.02. The fourth-order valence-electron chi connectivity index (χ4n) is 4.23. The first-order valence-corrected chi connectivity index (χ1v) is 11.9. The maximum Gasteiger partial charge on any atom is 0.238 e. The van der Waals surface area contributed by atoms with Gasteiger partial charge in [-0.3, -0.25) is 18.8 Å². The largest absolute Gasteiger partial charge is 0.327 e. The number of pyridine rings is 2. The van der Waals surface area contributed by atoms with Gasteiger partial charge in [0.15, 0.2) is 0 Å². The van der Waals surface area contributed by atoms with Crippen LogP contribution in [0.5, 0.6) is 0 Å². The van der Waals surface area contributed by atoms with Crippen LogP contribution in [0.25, 0.3) is 11.0 Å². The minimum absolute atomic E-state index is 0.114. The monoisotopic (exact) mass is 429 g/mol. The third-order valence-corrected chi connectivity index (χ3v) is 6.99. The summed E-state index contributed by atoms with van der Waals surface area (Å²) in [7, 11) is -2.65. The predicted molar refractivity (Wildman–Crippen MR) is 113 cm³/mol. The lowest BCUT2D eigenvalue weighted by atomic mass is 9.99. The first kappa shape index (κ1) is 18.6. The normalized spacial score (nSPS) is 19.0. The minimum Gasteiger partial charge on any atom is -0.327 e. The number of fused-ring (bicyclic) bond motifs is 3. The van der Waals surface area contributed by atoms with Crippen LogP contribution in [0.1, 0.15) is 24.1 Å². The highest BCUT2D eigenvalue weighted by Crippen LogP contribution is 2.57. The molecule has 0 aromatic carbocycles. The number of nitrogens with one attached hydrogen (secondary N) is 1. The van der Waals surface area contributed by atoms with Crippen molar-refractivity contribution in [2.24, 2.45) is 0 Å². The molecule has 1 spiro atoms. The molecule has 1 atom stereocenters. The lowest BCUT2D eigenvalue weighted by Gasteiger charge is -2.19. The Morgan fingerprint density at radius 2 is 2.10 bits per heavy atom. The molecule has 7 nitrogen and oxygen atoms in total. The zero-order valence-corrected chi connectivity index (χ0v) is 17.5. The van der Waals surface area contributed by atoms with Gasteiger partial charge in [-0.1, -0.05) is 11.6 Å². The van der Waals surface area contributed by atoms with Gasteiger partial charge in [-0.25, -0.2) is 4.98 Å². The van der Waals surface area contributed by atoms with Crippen LogP contribution in [0, 0.1) is 4.78 Å². The molecule has 1 N–H and O–H groups in total. The molecule has 3 aromatic heterocycles. The van der Waals surface area contributed by atoms with E-state index >= 15 is 0 Å². The number of carbonyl (C=O) groups is 1. The molecule has 9 heteroatoms. The Morgan fingerprint density at radius 1 is 1.31 bits per heavy atom. The Hall–Kier alpha value is -2.45. The number of nitrogens with zero attached hydrogens (tertiary/aromatic N) is 4. The number of rotatable bonds is 5. The molecule has 0 radical (unpaired) electrons. The SMILES string of the molecule is CS(=N)(=O)CCn1c(CN2C(=O)C3(CC3)c3ccncc32)cc2cc(Cl)cnc21. The first-order chi connectivity index (χ1) is 13.8. The Labute approximate surface area is 173 Å². The van der Waals surface area contributed by atoms with Gasteiger partial charge in [-0.15, -0.1) is 0 Å². The fraction of sp³-hybridized carbons (Fsp3) is 0.350. The van der Waals surface area contributed by atoms with Gasteiger partial charge in [0.2, 0.25) is 5.91 Å². The summed E-state index contributed by atoms with van der Waals surface area (Å²) in [5, 5.41) is 1.39. The number of anilines is 1. The highest BCUT2D eigenvalue weighted by Gasteiger charge is 2.59. The van der Waals surface area contributed by atoms with Crippen LogP contribution >= 0.6 is 11.6 Å². The molecule has 1 aliphatic carbocycles. The van der Waals surface area contributed by atoms with Gasteiger partial charge in [-0.2, -0.15) is 0 Å². The van der Waals surface area contributed by atoms with Gasteiger partial charge in [0.1, 0.15) is 5.65 Å². The van der Waals surface area contributed by atoms with Crippen LogP contribution in [-0.2, 0) is 33.0 Å². The second kappa shape index (κ2) is 6.27. The highest BCUT2D eigenvalue weighted by atomic mass is 35.5. The summed E-state index contributed by atoms with van der Waals surface area (Å²) in [6.07, 6.45) is 8.25. The molecule has 1 saturated carbocycles. The van der Waals surface area contributed by atoms with E-state index in [4.69, 9.17) is 16.4 Å². The van der Waals surface area contributed by atoms with E-state index in [1.807, 2.05) is 22.8 Å². The van der Waals surface area contributed by atoms with Crippen molar-refractivity contribution in [2.75, 3.05) is 16.9 Å². The summed E-state index contributed by atoms with van der Waals surface area (Å²) in [4.78, 5) is 23.7. The van der Waals surface area contributed by atoms with Crippen LogP contribution in [0.2, 0.25) is 5.02 Å². The molecule has 1 aliphatic heterocycles. The zero-order valence-electron chi connectivity index (χ0n) is 15.9. The number of aryl methyl sites for hydroxylation is 1. The molecule has 5 rings (SSSR count). The number of hydrogen-bond acceptors (Lipinski definition) is 5. The Kier molecular flexibility index (Phi) is 4.02. The molecule has 1 fully saturated rings. The fourth-order valence-corrected chi connectivity index (χ4v) is 4.93. The van der Waals surface area contributed by atoms with Gasteiger partial charge in [0.25, 0.3) is 0 Å². The number of aromatic nitrogens is 3. The average Bonchev–Trinajstić information content (AvgIpc) is 3.36. The summed E-state index contributed by atoms with van der Waals surface area (Å²) in [5.74, 6) is 0.326. The molecule has 150 valence electrons. The average molecular weight is 430 g/mol. The van der Waals surface area contributed by atoms with E-state index in [1.54, 1.807) is 23.5 Å². The summed E-state index contributed by atoms with van der Waals surface area (Å²) in [5.41, 5.74) is 3.13. The molecule has 1 amide bonds. The van der Waals surface area contributed by atoms with E-state index < -0.39 is 9.73 Å². The number of halogens is 1. The molecular weight excluding hydrogens is 410 g/mol. The second-order valence-corrected chi connectivity index (χ2v) is 10.8. The third-order valence-electron chi connectivity index (χ3n) is 5.82. The molecule has 2 aliphatic rings. The number of hydrogen-bond donors (Lipinski definition) is 1. The van der Waals surface area contributed by atoms with Crippen molar-refractivity contribution in [2.45, 2.75) is 31.3 Å². The van der Waals surface area contributed by atoms with E-state index in [0.717, 1.165) is 35.2 Å². The molecular formula is C20H20ClN5O2S. The van der Waals surface area contributed by atoms with Crippen LogP contribution in [-0.4, -0.2) is 36.7 Å². The smallest absolute Gasteiger partial charge is 0.238 e. The van der Waals surface area contributed by atoms with Crippen LogP contribution in [0.15, 0.2) is 36.8 Å². The van der Waals surface area contributed by atoms with E-state index in [9.17, 15) is 9.00 Å². The Morgan fingerprint density at radius 3 is 2.83 bits per heavy atom. The number of amides is 1. The standard InChI is InChI=1S/C20H20ClN5O2S/c1-29(22,28)7-6-25-15(9-13-8-14(21)10-24-18(13)25)12-26-17-11-23-5-2-16(17)20(3-4-20)19(26)27/h2,5,8-11,22H,3-4,6-7,12H2,1H3. The van der Waals surface area contributed by atoms with Crippen LogP contribution in [0.4, 0.5) is 5.69 Å². The quantitative estimate of drug-likeness (QED) is 0.673. The Balaban J connectivity index is 1.58. The lowest BCUT2D eigenvalue weighted by Crippen LogP contribution is -2.32. The summed E-state index contributed by atoms with van der Waals surface area (Å²) in [6.45, 7) is 0.759. The highest BCUT2D eigenvalue weighted by molar-refractivity contribution is 7.91. The predicted octanol–water partition coefficient (Wildman–Crippen LogP) is 3.34. The molecule has 0 bridgehead atoms. The van der Waals surface area contributed by atoms with Crippen molar-refractivity contribution in [3.8, 4) is 0 Å². The summed E-state index contributed by atoms with van der Waals surface area (Å²) >= 11 is 6.12. The minimum atomic E-state index is -2.65. The molecule has 29 heavy (non-hydrogen) atoms. The zero-order chi connectivity index (χ0) is 20.4. The van der Waals surface area contributed by atoms with Crippen LogP contribution in [0.3, 0.4) is 0 Å². The van der Waals surface area contributed by atoms with Crippen molar-refractivity contribution >= 4 is 44.0 Å². The molecule has 3 aromatic rings. The first-order valence-electron chi connectivity index (χ1n) is 9.40.